The molecule has 4 rings (SSSR count). The molecule has 2 aromatic carbocycles. The number of alkyl halides is 2. The van der Waals surface area contributed by atoms with Gasteiger partial charge in [0.25, 0.3) is 0 Å². The number of benzene rings is 2. The van der Waals surface area contributed by atoms with Crippen LogP contribution in [0.25, 0.3) is 0 Å². The van der Waals surface area contributed by atoms with E-state index in [1.54, 1.807) is 20.8 Å². The highest BCUT2D eigenvalue weighted by molar-refractivity contribution is 7.89. The van der Waals surface area contributed by atoms with Gasteiger partial charge in [-0.3, -0.25) is 20.2 Å². The van der Waals surface area contributed by atoms with E-state index < -0.39 is 80.7 Å². The van der Waals surface area contributed by atoms with E-state index in [-0.39, 0.29) is 56.9 Å². The Bertz CT molecular complexity index is 1830. The molecular weight excluding hydrogens is 726 g/mol. The second-order valence-corrected chi connectivity index (χ2v) is 16.1. The van der Waals surface area contributed by atoms with Crippen LogP contribution in [-0.4, -0.2) is 94.0 Å². The molecule has 0 bridgehead atoms. The predicted molar refractivity (Wildman–Crippen MR) is 177 cm³/mol. The molecule has 22 heteroatoms. The minimum atomic E-state index is -4.13. The molecule has 0 unspecified atom stereocenters. The summed E-state index contributed by atoms with van der Waals surface area (Å²) < 4.78 is 90.4. The van der Waals surface area contributed by atoms with Crippen LogP contribution in [0.15, 0.2) is 46.2 Å². The summed E-state index contributed by atoms with van der Waals surface area (Å²) >= 11 is 0. The number of hydrogen-bond acceptors (Lipinski definition) is 13. The third-order valence-electron chi connectivity index (χ3n) is 7.69. The minimum absolute atomic E-state index is 0.0324. The zero-order chi connectivity index (χ0) is 38.4. The van der Waals surface area contributed by atoms with Crippen molar-refractivity contribution in [3.63, 3.8) is 0 Å². The third-order valence-corrected chi connectivity index (χ3v) is 9.52. The Kier molecular flexibility index (Phi) is 12.9. The van der Waals surface area contributed by atoms with Crippen molar-refractivity contribution in [2.45, 2.75) is 73.2 Å². The summed E-state index contributed by atoms with van der Waals surface area (Å²) in [5.41, 5.74) is -5.22. The van der Waals surface area contributed by atoms with E-state index in [0.29, 0.717) is 13.1 Å². The van der Waals surface area contributed by atoms with Crippen molar-refractivity contribution < 1.29 is 54.5 Å². The molecule has 2 aliphatic heterocycles. The standard InChI is InChI=1S/C17H24FN3O7S.C12H16FN3O5S/c1-16(2,3)28-15(22)20-8-6-17(18,7-9-20)11-27-14-5-4-12(29(19,25)26)10-13(14)21(23)24;13-12(3-5-15-6-4-12)8-21-11-2-1-9(22(14,19)20)7-10(11)16(17)18/h4-5,10H,6-9,11H2,1-3H3,(H2,19,25,26);1-2,7,15H,3-6,8H2,(H2,14,19,20). The van der Waals surface area contributed by atoms with Crippen molar-refractivity contribution in [3.8, 4) is 11.5 Å². The largest absolute Gasteiger partial charge is 0.483 e. The van der Waals surface area contributed by atoms with Gasteiger partial charge in [0.15, 0.2) is 11.5 Å². The van der Waals surface area contributed by atoms with Crippen molar-refractivity contribution >= 4 is 37.5 Å². The Morgan fingerprint density at radius 3 is 1.57 bits per heavy atom. The second kappa shape index (κ2) is 16.0. The first kappa shape index (κ1) is 41.2. The van der Waals surface area contributed by atoms with Crippen LogP contribution < -0.4 is 25.1 Å². The van der Waals surface area contributed by atoms with Crippen LogP contribution in [0.4, 0.5) is 25.0 Å². The molecular formula is C29H40F2N6O12S2. The third kappa shape index (κ3) is 12.2. The number of nitrogens with two attached hydrogens (primary N) is 2. The number of nitro benzene ring substituents is 2. The number of carbonyl (C=O) groups is 1. The van der Waals surface area contributed by atoms with Crippen LogP contribution in [-0.2, 0) is 24.8 Å². The summed E-state index contributed by atoms with van der Waals surface area (Å²) in [5, 5.41) is 35.1. The van der Waals surface area contributed by atoms with Crippen LogP contribution in [0.1, 0.15) is 46.5 Å². The first-order valence-electron chi connectivity index (χ1n) is 15.4. The molecule has 18 nitrogen and oxygen atoms in total. The van der Waals surface area contributed by atoms with E-state index >= 15 is 4.39 Å². The molecule has 0 spiro atoms. The van der Waals surface area contributed by atoms with Gasteiger partial charge in [0.1, 0.15) is 30.2 Å². The quantitative estimate of drug-likeness (QED) is 0.232. The number of nitrogens with zero attached hydrogens (tertiary/aromatic N) is 3. The van der Waals surface area contributed by atoms with Gasteiger partial charge in [0, 0.05) is 38.1 Å². The van der Waals surface area contributed by atoms with Gasteiger partial charge >= 0.3 is 17.5 Å². The summed E-state index contributed by atoms with van der Waals surface area (Å²) in [6, 6.07) is 5.89. The molecule has 2 fully saturated rings. The maximum Gasteiger partial charge on any atom is 0.410 e. The molecule has 2 saturated heterocycles. The number of primary sulfonamides is 2. The van der Waals surface area contributed by atoms with Crippen molar-refractivity contribution in [2.24, 2.45) is 10.3 Å². The van der Waals surface area contributed by atoms with E-state index in [1.807, 2.05) is 0 Å². The SMILES string of the molecule is CC(C)(C)OC(=O)N1CCC(F)(COc2ccc(S(N)(=O)=O)cc2[N+](=O)[O-])CC1.NS(=O)(=O)c1ccc(OCC2(F)CCNCC2)c([N+](=O)[O-])c1. The number of carbonyl (C=O) groups excluding carboxylic acids is 1. The highest BCUT2D eigenvalue weighted by Gasteiger charge is 2.39. The maximum absolute atomic E-state index is 15.0. The lowest BCUT2D eigenvalue weighted by molar-refractivity contribution is -0.386. The van der Waals surface area contributed by atoms with Crippen molar-refractivity contribution in [1.82, 2.24) is 10.2 Å². The van der Waals surface area contributed by atoms with Crippen LogP contribution in [0.5, 0.6) is 11.5 Å². The normalized spacial score (nSPS) is 17.4. The molecule has 2 heterocycles. The Morgan fingerprint density at radius 1 is 0.824 bits per heavy atom. The highest BCUT2D eigenvalue weighted by Crippen LogP contribution is 2.34. The zero-order valence-corrected chi connectivity index (χ0v) is 29.6. The van der Waals surface area contributed by atoms with Crippen LogP contribution >= 0.6 is 0 Å². The lowest BCUT2D eigenvalue weighted by Crippen LogP contribution is -2.48. The molecule has 2 aliphatic rings. The lowest BCUT2D eigenvalue weighted by atomic mass is 9.94. The summed E-state index contributed by atoms with van der Waals surface area (Å²) in [6.07, 6.45) is -0.105. The average Bonchev–Trinajstić information content (AvgIpc) is 3.02. The molecule has 51 heavy (non-hydrogen) atoms. The number of likely N-dealkylation sites (tertiary alicyclic amines) is 1. The number of piperidine rings is 2. The second-order valence-electron chi connectivity index (χ2n) is 13.0. The van der Waals surface area contributed by atoms with Crippen LogP contribution in [0.3, 0.4) is 0 Å². The number of ether oxygens (including phenoxy) is 3. The van der Waals surface area contributed by atoms with Gasteiger partial charge < -0.3 is 24.4 Å². The molecule has 0 radical (unpaired) electrons. The number of rotatable bonds is 10. The molecule has 0 saturated carbocycles. The number of amides is 1. The summed E-state index contributed by atoms with van der Waals surface area (Å²) in [4.78, 5) is 33.2. The average molecular weight is 767 g/mol. The number of sulfonamides is 2. The van der Waals surface area contributed by atoms with E-state index in [0.717, 1.165) is 36.4 Å². The van der Waals surface area contributed by atoms with E-state index in [4.69, 9.17) is 24.5 Å². The zero-order valence-electron chi connectivity index (χ0n) is 28.0. The summed E-state index contributed by atoms with van der Waals surface area (Å²) in [7, 11) is -8.20. The molecule has 0 aromatic heterocycles. The van der Waals surface area contributed by atoms with Gasteiger partial charge in [-0.1, -0.05) is 0 Å². The summed E-state index contributed by atoms with van der Waals surface area (Å²) in [6.45, 7) is 5.62. The Morgan fingerprint density at radius 2 is 1.22 bits per heavy atom. The predicted octanol–water partition coefficient (Wildman–Crippen LogP) is 3.07. The highest BCUT2D eigenvalue weighted by atomic mass is 32.2. The summed E-state index contributed by atoms with van der Waals surface area (Å²) in [5.74, 6) is -0.457. The molecule has 2 aromatic rings. The van der Waals surface area contributed by atoms with Crippen LogP contribution in [0.2, 0.25) is 0 Å². The molecule has 0 atom stereocenters. The molecule has 284 valence electrons. The van der Waals surface area contributed by atoms with Crippen molar-refractivity contribution in [1.29, 1.82) is 0 Å². The maximum atomic E-state index is 15.0. The minimum Gasteiger partial charge on any atom is -0.483 e. The van der Waals surface area contributed by atoms with Gasteiger partial charge in [-0.15, -0.1) is 0 Å². The van der Waals surface area contributed by atoms with E-state index in [1.165, 1.54) is 4.90 Å². The number of halogens is 2. The van der Waals surface area contributed by atoms with E-state index in [2.05, 4.69) is 5.32 Å². The van der Waals surface area contributed by atoms with Crippen molar-refractivity contribution in [3.05, 3.63) is 56.6 Å². The Hall–Kier alpha value is -4.25. The number of hydrogen-bond donors (Lipinski definition) is 3. The van der Waals surface area contributed by atoms with Crippen molar-refractivity contribution in [2.75, 3.05) is 39.4 Å². The van der Waals surface area contributed by atoms with Crippen LogP contribution in [0, 0.1) is 20.2 Å². The van der Waals surface area contributed by atoms with Gasteiger partial charge in [-0.25, -0.2) is 40.7 Å². The van der Waals surface area contributed by atoms with Gasteiger partial charge in [0.2, 0.25) is 20.0 Å². The fourth-order valence-corrected chi connectivity index (χ4v) is 5.94. The Balaban J connectivity index is 0.000000286. The Labute approximate surface area is 292 Å². The topological polar surface area (TPSA) is 267 Å². The van der Waals surface area contributed by atoms with Gasteiger partial charge in [-0.2, -0.15) is 0 Å². The van der Waals surface area contributed by atoms with Gasteiger partial charge in [0.05, 0.1) is 19.6 Å². The molecule has 0 aliphatic carbocycles. The van der Waals surface area contributed by atoms with E-state index in [9.17, 15) is 46.2 Å². The van der Waals surface area contributed by atoms with Gasteiger partial charge in [-0.05, 0) is 71.0 Å². The number of nitro groups is 2. The fourth-order valence-electron chi connectivity index (χ4n) is 4.87. The number of nitrogens with one attached hydrogen (secondary N) is 1. The fraction of sp³-hybridized carbons (Fsp3) is 0.552. The monoisotopic (exact) mass is 766 g/mol. The molecule has 5 N–H and O–H groups in total. The smallest absolute Gasteiger partial charge is 0.410 e. The lowest BCUT2D eigenvalue weighted by Gasteiger charge is -2.36. The first-order valence-corrected chi connectivity index (χ1v) is 18.5. The first-order chi connectivity index (χ1) is 23.4. The molecule has 1 amide bonds.